The van der Waals surface area contributed by atoms with Gasteiger partial charge in [0.15, 0.2) is 0 Å². The van der Waals surface area contributed by atoms with E-state index >= 15 is 0 Å². The molecule has 0 radical (unpaired) electrons. The molecule has 4 N–H and O–H groups in total. The number of carbonyl (C=O) groups excluding carboxylic acids is 1. The normalized spacial score (nSPS) is 12.6. The Morgan fingerprint density at radius 3 is 2.82 bits per heavy atom. The van der Waals surface area contributed by atoms with E-state index in [9.17, 15) is 9.18 Å². The number of aromatic nitrogens is 2. The number of halogens is 3. The van der Waals surface area contributed by atoms with Gasteiger partial charge in [-0.2, -0.15) is 0 Å². The lowest BCUT2D eigenvalue weighted by Gasteiger charge is -2.07. The Balaban J connectivity index is 2.23. The standard InChI is InChI=1S/C20H21Cl2FN4O/c1-4-13(7-5-6-11(2)21)9-26-20(28)19-18(24)17(12(3)27-19)14-8-16(22)25-10-15(14)23/h4-8,10,27H,9,24H2,1-3H3,(H,26,28)/b7-5-,11-6+,13-4+. The molecule has 148 valence electrons. The summed E-state index contributed by atoms with van der Waals surface area (Å²) in [6.45, 7) is 5.64. The van der Waals surface area contributed by atoms with Gasteiger partial charge in [-0.05, 0) is 38.5 Å². The molecule has 0 saturated heterocycles. The van der Waals surface area contributed by atoms with Crippen LogP contribution in [-0.4, -0.2) is 22.4 Å². The zero-order valence-electron chi connectivity index (χ0n) is 15.7. The van der Waals surface area contributed by atoms with E-state index in [-0.39, 0.29) is 22.1 Å². The monoisotopic (exact) mass is 422 g/mol. The number of anilines is 1. The van der Waals surface area contributed by atoms with Crippen molar-refractivity contribution >= 4 is 34.8 Å². The highest BCUT2D eigenvalue weighted by Gasteiger charge is 2.21. The highest BCUT2D eigenvalue weighted by atomic mass is 35.5. The second-order valence-electron chi connectivity index (χ2n) is 6.06. The van der Waals surface area contributed by atoms with E-state index in [1.807, 2.05) is 19.1 Å². The van der Waals surface area contributed by atoms with Gasteiger partial charge in [0.2, 0.25) is 0 Å². The lowest BCUT2D eigenvalue weighted by Crippen LogP contribution is -2.26. The topological polar surface area (TPSA) is 83.8 Å². The number of H-pyrrole nitrogens is 1. The minimum absolute atomic E-state index is 0.133. The zero-order valence-corrected chi connectivity index (χ0v) is 17.2. The van der Waals surface area contributed by atoms with E-state index in [4.69, 9.17) is 28.9 Å². The number of aromatic amines is 1. The highest BCUT2D eigenvalue weighted by molar-refractivity contribution is 6.29. The molecular weight excluding hydrogens is 402 g/mol. The van der Waals surface area contributed by atoms with Crippen LogP contribution in [0.3, 0.4) is 0 Å². The Labute approximate surface area is 173 Å². The summed E-state index contributed by atoms with van der Waals surface area (Å²) in [6, 6.07) is 1.38. The lowest BCUT2D eigenvalue weighted by atomic mass is 10.1. The minimum atomic E-state index is -0.575. The average molecular weight is 423 g/mol. The molecule has 2 aromatic rings. The van der Waals surface area contributed by atoms with E-state index < -0.39 is 11.7 Å². The molecule has 0 fully saturated rings. The SMILES string of the molecule is C\C=C(/C=C\C=C(/C)Cl)CNC(=O)c1[nH]c(C)c(-c2cc(Cl)ncc2F)c1N. The van der Waals surface area contributed by atoms with Crippen LogP contribution < -0.4 is 11.1 Å². The third-order valence-electron chi connectivity index (χ3n) is 4.00. The number of nitrogens with zero attached hydrogens (tertiary/aromatic N) is 1. The smallest absolute Gasteiger partial charge is 0.270 e. The maximum Gasteiger partial charge on any atom is 0.270 e. The zero-order chi connectivity index (χ0) is 20.8. The van der Waals surface area contributed by atoms with E-state index in [1.165, 1.54) is 6.07 Å². The van der Waals surface area contributed by atoms with E-state index in [2.05, 4.69) is 15.3 Å². The molecule has 28 heavy (non-hydrogen) atoms. The van der Waals surface area contributed by atoms with Gasteiger partial charge in [-0.25, -0.2) is 9.37 Å². The Bertz CT molecular complexity index is 973. The van der Waals surface area contributed by atoms with Crippen molar-refractivity contribution in [2.45, 2.75) is 20.8 Å². The first kappa shape index (κ1) is 21.7. The Morgan fingerprint density at radius 1 is 1.46 bits per heavy atom. The molecule has 2 aromatic heterocycles. The minimum Gasteiger partial charge on any atom is -0.396 e. The number of carbonyl (C=O) groups is 1. The molecule has 2 rings (SSSR count). The van der Waals surface area contributed by atoms with Crippen LogP contribution in [0.5, 0.6) is 0 Å². The third-order valence-corrected chi connectivity index (χ3v) is 4.34. The van der Waals surface area contributed by atoms with Crippen molar-refractivity contribution in [2.24, 2.45) is 0 Å². The van der Waals surface area contributed by atoms with Gasteiger partial charge in [0.1, 0.15) is 16.7 Å². The van der Waals surface area contributed by atoms with Crippen molar-refractivity contribution in [1.29, 1.82) is 0 Å². The van der Waals surface area contributed by atoms with Crippen LogP contribution in [-0.2, 0) is 0 Å². The number of aryl methyl sites for hydroxylation is 1. The van der Waals surface area contributed by atoms with Gasteiger partial charge in [0.25, 0.3) is 5.91 Å². The highest BCUT2D eigenvalue weighted by Crippen LogP contribution is 2.34. The Morgan fingerprint density at radius 2 is 2.18 bits per heavy atom. The van der Waals surface area contributed by atoms with Crippen molar-refractivity contribution in [3.63, 3.8) is 0 Å². The third kappa shape index (κ3) is 5.24. The number of pyridine rings is 1. The molecule has 0 saturated carbocycles. The largest absolute Gasteiger partial charge is 0.396 e. The van der Waals surface area contributed by atoms with Crippen LogP contribution in [0.25, 0.3) is 11.1 Å². The molecule has 5 nitrogen and oxygen atoms in total. The summed E-state index contributed by atoms with van der Waals surface area (Å²) < 4.78 is 14.2. The molecule has 0 unspecified atom stereocenters. The summed E-state index contributed by atoms with van der Waals surface area (Å²) >= 11 is 11.7. The summed E-state index contributed by atoms with van der Waals surface area (Å²) in [7, 11) is 0. The van der Waals surface area contributed by atoms with Gasteiger partial charge in [-0.3, -0.25) is 4.79 Å². The number of nitrogens with two attached hydrogens (primary N) is 1. The van der Waals surface area contributed by atoms with Gasteiger partial charge in [-0.15, -0.1) is 0 Å². The predicted octanol–water partition coefficient (Wildman–Crippen LogP) is 5.13. The first-order valence-corrected chi connectivity index (χ1v) is 9.23. The van der Waals surface area contributed by atoms with Gasteiger partial charge < -0.3 is 16.0 Å². The second-order valence-corrected chi connectivity index (χ2v) is 7.04. The number of amides is 1. The van der Waals surface area contributed by atoms with Crippen LogP contribution >= 0.6 is 23.2 Å². The number of nitrogens with one attached hydrogen (secondary N) is 2. The quantitative estimate of drug-likeness (QED) is 0.445. The van der Waals surface area contributed by atoms with E-state index in [0.29, 0.717) is 22.8 Å². The lowest BCUT2D eigenvalue weighted by molar-refractivity contribution is 0.0953. The molecule has 0 aliphatic heterocycles. The molecule has 2 heterocycles. The maximum atomic E-state index is 14.2. The number of allylic oxidation sites excluding steroid dienone is 4. The molecule has 0 aliphatic rings. The Hall–Kier alpha value is -2.57. The van der Waals surface area contributed by atoms with Gasteiger partial charge >= 0.3 is 0 Å². The summed E-state index contributed by atoms with van der Waals surface area (Å²) in [5.41, 5.74) is 8.46. The average Bonchev–Trinajstić information content (AvgIpc) is 2.94. The molecule has 0 spiro atoms. The van der Waals surface area contributed by atoms with E-state index in [0.717, 1.165) is 11.8 Å². The van der Waals surface area contributed by atoms with Crippen molar-refractivity contribution in [3.05, 3.63) is 69.5 Å². The fourth-order valence-electron chi connectivity index (χ4n) is 2.61. The number of hydrogen-bond acceptors (Lipinski definition) is 3. The summed E-state index contributed by atoms with van der Waals surface area (Å²) in [5, 5.41) is 3.58. The van der Waals surface area contributed by atoms with Gasteiger partial charge in [0, 0.05) is 28.4 Å². The molecule has 0 aliphatic carbocycles. The fourth-order valence-corrected chi connectivity index (χ4v) is 2.84. The Kier molecular flexibility index (Phi) is 7.43. The second kappa shape index (κ2) is 9.57. The molecule has 8 heteroatoms. The maximum absolute atomic E-state index is 14.2. The van der Waals surface area contributed by atoms with E-state index in [1.54, 1.807) is 26.0 Å². The summed E-state index contributed by atoms with van der Waals surface area (Å²) in [6.07, 6.45) is 8.28. The van der Waals surface area contributed by atoms with Crippen LogP contribution in [0.1, 0.15) is 30.0 Å². The molecule has 1 amide bonds. The predicted molar refractivity (Wildman–Crippen MR) is 113 cm³/mol. The van der Waals surface area contributed by atoms with Crippen molar-refractivity contribution in [1.82, 2.24) is 15.3 Å². The number of hydrogen-bond donors (Lipinski definition) is 3. The van der Waals surface area contributed by atoms with Gasteiger partial charge in [-0.1, -0.05) is 41.4 Å². The van der Waals surface area contributed by atoms with Crippen molar-refractivity contribution in [3.8, 4) is 11.1 Å². The molecule has 0 aromatic carbocycles. The first-order chi connectivity index (χ1) is 13.2. The number of nitrogen functional groups attached to an aromatic ring is 1. The van der Waals surface area contributed by atoms with Crippen LogP contribution in [0.4, 0.5) is 10.1 Å². The van der Waals surface area contributed by atoms with Crippen LogP contribution in [0, 0.1) is 12.7 Å². The molecular formula is C20H21Cl2FN4O. The van der Waals surface area contributed by atoms with Crippen LogP contribution in [0.2, 0.25) is 5.15 Å². The molecule has 0 atom stereocenters. The molecule has 0 bridgehead atoms. The first-order valence-electron chi connectivity index (χ1n) is 8.47. The number of rotatable bonds is 6. The summed E-state index contributed by atoms with van der Waals surface area (Å²) in [5.74, 6) is -0.974. The van der Waals surface area contributed by atoms with Crippen LogP contribution in [0.15, 0.2) is 47.2 Å². The van der Waals surface area contributed by atoms with Gasteiger partial charge in [0.05, 0.1) is 11.9 Å². The van der Waals surface area contributed by atoms with Crippen molar-refractivity contribution < 1.29 is 9.18 Å². The fraction of sp³-hybridized carbons (Fsp3) is 0.200. The van der Waals surface area contributed by atoms with Crippen molar-refractivity contribution in [2.75, 3.05) is 12.3 Å². The summed E-state index contributed by atoms with van der Waals surface area (Å²) in [4.78, 5) is 19.2.